The molecule has 1 aliphatic rings. The van der Waals surface area contributed by atoms with E-state index in [0.29, 0.717) is 0 Å². The Morgan fingerprint density at radius 2 is 2.10 bits per heavy atom. The third-order valence-electron chi connectivity index (χ3n) is 4.02. The summed E-state index contributed by atoms with van der Waals surface area (Å²) in [6, 6.07) is 11.4. The van der Waals surface area contributed by atoms with E-state index >= 15 is 0 Å². The maximum Gasteiger partial charge on any atom is 0.123 e. The van der Waals surface area contributed by atoms with Gasteiger partial charge in [-0.3, -0.25) is 0 Å². The van der Waals surface area contributed by atoms with Gasteiger partial charge in [-0.25, -0.2) is 0 Å². The van der Waals surface area contributed by atoms with Crippen LogP contribution in [0.5, 0.6) is 5.75 Å². The molecule has 2 aromatic rings. The number of fused-ring (bicyclic) bond motifs is 1. The SMILES string of the molecule is CCc1ccc(C(NC)c2ccc3c(c2)CC(C)(C)O3)s1. The second-order valence-electron chi connectivity index (χ2n) is 6.29. The van der Waals surface area contributed by atoms with Crippen LogP contribution in [0, 0.1) is 0 Å². The van der Waals surface area contributed by atoms with Gasteiger partial charge in [0, 0.05) is 16.2 Å². The van der Waals surface area contributed by atoms with Crippen molar-refractivity contribution in [1.82, 2.24) is 5.32 Å². The number of aryl methyl sites for hydroxylation is 1. The first-order valence-electron chi connectivity index (χ1n) is 7.60. The average Bonchev–Trinajstić information content (AvgIpc) is 3.01. The molecular formula is C18H23NOS. The monoisotopic (exact) mass is 301 g/mol. The first kappa shape index (κ1) is 14.6. The highest BCUT2D eigenvalue weighted by molar-refractivity contribution is 7.12. The van der Waals surface area contributed by atoms with Gasteiger partial charge in [-0.1, -0.05) is 19.1 Å². The Morgan fingerprint density at radius 1 is 1.29 bits per heavy atom. The molecule has 1 N–H and O–H groups in total. The zero-order valence-corrected chi connectivity index (χ0v) is 14.0. The van der Waals surface area contributed by atoms with E-state index in [1.165, 1.54) is 20.9 Å². The van der Waals surface area contributed by atoms with Gasteiger partial charge in [0.1, 0.15) is 11.4 Å². The zero-order valence-electron chi connectivity index (χ0n) is 13.2. The van der Waals surface area contributed by atoms with E-state index in [1.807, 2.05) is 18.4 Å². The smallest absolute Gasteiger partial charge is 0.123 e. The van der Waals surface area contributed by atoms with Crippen molar-refractivity contribution in [2.75, 3.05) is 7.05 Å². The highest BCUT2D eigenvalue weighted by Gasteiger charge is 2.30. The van der Waals surface area contributed by atoms with Crippen LogP contribution in [-0.2, 0) is 12.8 Å². The van der Waals surface area contributed by atoms with Crippen LogP contribution in [0.3, 0.4) is 0 Å². The second kappa shape index (κ2) is 5.47. The van der Waals surface area contributed by atoms with Crippen LogP contribution in [-0.4, -0.2) is 12.6 Å². The van der Waals surface area contributed by atoms with Crippen LogP contribution in [0.15, 0.2) is 30.3 Å². The summed E-state index contributed by atoms with van der Waals surface area (Å²) in [4.78, 5) is 2.82. The van der Waals surface area contributed by atoms with Gasteiger partial charge < -0.3 is 10.1 Å². The van der Waals surface area contributed by atoms with Crippen molar-refractivity contribution in [3.8, 4) is 5.75 Å². The molecule has 1 unspecified atom stereocenters. The number of hydrogen-bond donors (Lipinski definition) is 1. The van der Waals surface area contributed by atoms with Gasteiger partial charge in [0.25, 0.3) is 0 Å². The second-order valence-corrected chi connectivity index (χ2v) is 7.48. The van der Waals surface area contributed by atoms with E-state index in [0.717, 1.165) is 18.6 Å². The van der Waals surface area contributed by atoms with Gasteiger partial charge in [0.2, 0.25) is 0 Å². The molecule has 21 heavy (non-hydrogen) atoms. The van der Waals surface area contributed by atoms with Crippen molar-refractivity contribution in [3.05, 3.63) is 51.2 Å². The summed E-state index contributed by atoms with van der Waals surface area (Å²) >= 11 is 1.90. The van der Waals surface area contributed by atoms with E-state index < -0.39 is 0 Å². The standard InChI is InChI=1S/C18H23NOS/c1-5-14-7-9-16(21-14)17(19-4)12-6-8-15-13(10-12)11-18(2,3)20-15/h6-10,17,19H,5,11H2,1-4H3. The Morgan fingerprint density at radius 3 is 2.76 bits per heavy atom. The average molecular weight is 301 g/mol. The van der Waals surface area contributed by atoms with Crippen molar-refractivity contribution in [2.45, 2.75) is 45.3 Å². The number of ether oxygens (including phenoxy) is 1. The first-order valence-corrected chi connectivity index (χ1v) is 8.42. The fraction of sp³-hybridized carbons (Fsp3) is 0.444. The topological polar surface area (TPSA) is 21.3 Å². The first-order chi connectivity index (χ1) is 10.0. The fourth-order valence-corrected chi connectivity index (χ4v) is 4.11. The molecule has 0 spiro atoms. The lowest BCUT2D eigenvalue weighted by molar-refractivity contribution is 0.138. The van der Waals surface area contributed by atoms with Crippen LogP contribution in [0.4, 0.5) is 0 Å². The van der Waals surface area contributed by atoms with E-state index in [2.05, 4.69) is 56.4 Å². The summed E-state index contributed by atoms with van der Waals surface area (Å²) in [5, 5.41) is 3.45. The Bertz CT molecular complexity index is 644. The Balaban J connectivity index is 1.92. The lowest BCUT2D eigenvalue weighted by Crippen LogP contribution is -2.24. The molecule has 0 saturated heterocycles. The molecule has 1 aromatic heterocycles. The summed E-state index contributed by atoms with van der Waals surface area (Å²) in [5.41, 5.74) is 2.57. The Kier molecular flexibility index (Phi) is 3.80. The molecule has 2 nitrogen and oxygen atoms in total. The predicted octanol–water partition coefficient (Wildman–Crippen LogP) is 4.33. The molecule has 0 amide bonds. The molecule has 3 heteroatoms. The van der Waals surface area contributed by atoms with Crippen molar-refractivity contribution in [2.24, 2.45) is 0 Å². The number of thiophene rings is 1. The van der Waals surface area contributed by atoms with E-state index in [9.17, 15) is 0 Å². The number of hydrogen-bond acceptors (Lipinski definition) is 3. The highest BCUT2D eigenvalue weighted by Crippen LogP contribution is 2.37. The normalized spacial score (nSPS) is 17.3. The third-order valence-corrected chi connectivity index (χ3v) is 5.32. The van der Waals surface area contributed by atoms with E-state index in [-0.39, 0.29) is 11.6 Å². The minimum absolute atomic E-state index is 0.0750. The molecule has 0 fully saturated rings. The quantitative estimate of drug-likeness (QED) is 0.907. The van der Waals surface area contributed by atoms with Gasteiger partial charge in [-0.2, -0.15) is 0 Å². The van der Waals surface area contributed by atoms with Crippen molar-refractivity contribution in [3.63, 3.8) is 0 Å². The van der Waals surface area contributed by atoms with Gasteiger partial charge in [-0.05, 0) is 56.6 Å². The molecule has 0 bridgehead atoms. The zero-order chi connectivity index (χ0) is 15.0. The Hall–Kier alpha value is -1.32. The lowest BCUT2D eigenvalue weighted by Gasteiger charge is -2.16. The third kappa shape index (κ3) is 2.85. The molecule has 1 aliphatic heterocycles. The van der Waals surface area contributed by atoms with Gasteiger partial charge in [-0.15, -0.1) is 11.3 Å². The van der Waals surface area contributed by atoms with E-state index in [4.69, 9.17) is 4.74 Å². The van der Waals surface area contributed by atoms with Crippen LogP contribution < -0.4 is 10.1 Å². The fourth-order valence-electron chi connectivity index (χ4n) is 3.02. The van der Waals surface area contributed by atoms with E-state index in [1.54, 1.807) is 0 Å². The van der Waals surface area contributed by atoms with Crippen LogP contribution in [0.25, 0.3) is 0 Å². The highest BCUT2D eigenvalue weighted by atomic mass is 32.1. The summed E-state index contributed by atoms with van der Waals surface area (Å²) in [6.07, 6.45) is 2.09. The van der Waals surface area contributed by atoms with Gasteiger partial charge in [0.15, 0.2) is 0 Å². The molecule has 3 rings (SSSR count). The Labute approximate surface area is 131 Å². The summed E-state index contributed by atoms with van der Waals surface area (Å²) in [7, 11) is 2.03. The number of rotatable bonds is 4. The van der Waals surface area contributed by atoms with Crippen LogP contribution in [0.1, 0.15) is 47.7 Å². The van der Waals surface area contributed by atoms with Crippen molar-refractivity contribution < 1.29 is 4.74 Å². The van der Waals surface area contributed by atoms with Gasteiger partial charge >= 0.3 is 0 Å². The minimum Gasteiger partial charge on any atom is -0.487 e. The maximum absolute atomic E-state index is 5.97. The van der Waals surface area contributed by atoms with Crippen molar-refractivity contribution in [1.29, 1.82) is 0 Å². The maximum atomic E-state index is 5.97. The summed E-state index contributed by atoms with van der Waals surface area (Å²) < 4.78 is 5.97. The molecule has 1 aromatic carbocycles. The molecular weight excluding hydrogens is 278 g/mol. The lowest BCUT2D eigenvalue weighted by atomic mass is 9.97. The molecule has 0 aliphatic carbocycles. The number of benzene rings is 1. The summed E-state index contributed by atoms with van der Waals surface area (Å²) in [5.74, 6) is 1.04. The molecule has 2 heterocycles. The van der Waals surface area contributed by atoms with Gasteiger partial charge in [0.05, 0.1) is 6.04 Å². The molecule has 0 saturated carbocycles. The molecule has 112 valence electrons. The number of nitrogens with one attached hydrogen (secondary N) is 1. The largest absolute Gasteiger partial charge is 0.487 e. The van der Waals surface area contributed by atoms with Crippen LogP contribution >= 0.6 is 11.3 Å². The minimum atomic E-state index is -0.0750. The predicted molar refractivity (Wildman–Crippen MR) is 89.5 cm³/mol. The van der Waals surface area contributed by atoms with Crippen LogP contribution in [0.2, 0.25) is 0 Å². The summed E-state index contributed by atoms with van der Waals surface area (Å²) in [6.45, 7) is 6.50. The molecule has 1 atom stereocenters. The van der Waals surface area contributed by atoms with Crippen molar-refractivity contribution >= 4 is 11.3 Å². The molecule has 0 radical (unpaired) electrons.